The van der Waals surface area contributed by atoms with Crippen LogP contribution in [0.15, 0.2) is 15.7 Å². The van der Waals surface area contributed by atoms with E-state index in [0.29, 0.717) is 42.7 Å². The summed E-state index contributed by atoms with van der Waals surface area (Å²) in [6.07, 6.45) is 4.52. The van der Waals surface area contributed by atoms with Gasteiger partial charge in [-0.2, -0.15) is 0 Å². The molecule has 3 heterocycles. The zero-order valence-electron chi connectivity index (χ0n) is 17.1. The first-order valence-corrected chi connectivity index (χ1v) is 10.6. The normalized spacial score (nSPS) is 22.2. The highest BCUT2D eigenvalue weighted by Gasteiger charge is 2.33. The Bertz CT molecular complexity index is 1050. The van der Waals surface area contributed by atoms with Crippen molar-refractivity contribution in [1.29, 1.82) is 0 Å². The number of aromatic amines is 1. The van der Waals surface area contributed by atoms with Crippen LogP contribution in [0.1, 0.15) is 67.9 Å². The van der Waals surface area contributed by atoms with Gasteiger partial charge in [0.25, 0.3) is 11.5 Å². The van der Waals surface area contributed by atoms with Crippen LogP contribution in [0.4, 0.5) is 0 Å². The third-order valence-electron chi connectivity index (χ3n) is 6.15. The predicted molar refractivity (Wildman–Crippen MR) is 111 cm³/mol. The molecule has 1 saturated heterocycles. The van der Waals surface area contributed by atoms with Crippen LogP contribution in [0.2, 0.25) is 0 Å². The molecule has 1 aliphatic heterocycles. The lowest BCUT2D eigenvalue weighted by molar-refractivity contribution is 0.0575. The molecule has 1 amide bonds. The number of piperidine rings is 1. The quantitative estimate of drug-likeness (QED) is 0.792. The van der Waals surface area contributed by atoms with E-state index in [0.717, 1.165) is 37.8 Å². The van der Waals surface area contributed by atoms with Crippen molar-refractivity contribution >= 4 is 16.9 Å². The summed E-state index contributed by atoms with van der Waals surface area (Å²) in [6, 6.07) is 1.73. The Morgan fingerprint density at radius 3 is 2.72 bits per heavy atom. The molecule has 2 aliphatic rings. The first-order chi connectivity index (χ1) is 13.9. The van der Waals surface area contributed by atoms with Gasteiger partial charge in [-0.3, -0.25) is 19.1 Å². The zero-order valence-corrected chi connectivity index (χ0v) is 17.1. The highest BCUT2D eigenvalue weighted by atomic mass is 16.2. The van der Waals surface area contributed by atoms with Gasteiger partial charge in [0.2, 0.25) is 0 Å². The van der Waals surface area contributed by atoms with E-state index < -0.39 is 11.2 Å². The smallest absolute Gasteiger partial charge is 0.329 e. The van der Waals surface area contributed by atoms with Crippen molar-refractivity contribution in [1.82, 2.24) is 19.4 Å². The summed E-state index contributed by atoms with van der Waals surface area (Å²) in [7, 11) is 0. The fourth-order valence-electron chi connectivity index (χ4n) is 4.38. The number of carbonyl (C=O) groups excluding carboxylic acids is 1. The minimum Gasteiger partial charge on any atom is -0.334 e. The zero-order chi connectivity index (χ0) is 20.7. The van der Waals surface area contributed by atoms with Gasteiger partial charge in [0.15, 0.2) is 5.65 Å². The van der Waals surface area contributed by atoms with Crippen LogP contribution < -0.4 is 17.0 Å². The minimum atomic E-state index is -0.551. The number of H-pyrrole nitrogens is 1. The standard InChI is InChI=1S/C21H29N5O3/c1-3-7-26-18-17(19(27)24-21(26)29)15(10-16(23-18)13-4-5-13)20(28)25-8-6-12(2)9-14(25)11-22/h10,12-14H,3-9,11,22H2,1-2H3,(H,24,27,29). The van der Waals surface area contributed by atoms with Crippen molar-refractivity contribution < 1.29 is 4.79 Å². The second-order valence-electron chi connectivity index (χ2n) is 8.50. The molecule has 0 radical (unpaired) electrons. The molecule has 156 valence electrons. The van der Waals surface area contributed by atoms with Crippen LogP contribution in [0.5, 0.6) is 0 Å². The lowest BCUT2D eigenvalue weighted by atomic mass is 9.91. The monoisotopic (exact) mass is 399 g/mol. The van der Waals surface area contributed by atoms with E-state index in [1.807, 2.05) is 6.92 Å². The first-order valence-electron chi connectivity index (χ1n) is 10.6. The van der Waals surface area contributed by atoms with E-state index in [4.69, 9.17) is 5.73 Å². The highest BCUT2D eigenvalue weighted by molar-refractivity contribution is 6.05. The lowest BCUT2D eigenvalue weighted by Crippen LogP contribution is -2.49. The maximum absolute atomic E-state index is 13.6. The van der Waals surface area contributed by atoms with E-state index in [1.165, 1.54) is 4.57 Å². The molecule has 2 fully saturated rings. The van der Waals surface area contributed by atoms with Crippen molar-refractivity contribution in [3.8, 4) is 0 Å². The summed E-state index contributed by atoms with van der Waals surface area (Å²) in [5.41, 5.74) is 6.40. The fraction of sp³-hybridized carbons (Fsp3) is 0.619. The Balaban J connectivity index is 1.91. The fourth-order valence-corrected chi connectivity index (χ4v) is 4.38. The third-order valence-corrected chi connectivity index (χ3v) is 6.15. The second-order valence-corrected chi connectivity index (χ2v) is 8.50. The molecule has 0 bridgehead atoms. The number of hydrogen-bond acceptors (Lipinski definition) is 5. The maximum Gasteiger partial charge on any atom is 0.329 e. The molecule has 2 aromatic heterocycles. The number of fused-ring (bicyclic) bond motifs is 1. The van der Waals surface area contributed by atoms with Gasteiger partial charge in [0.05, 0.1) is 10.9 Å². The number of nitrogens with one attached hydrogen (secondary N) is 1. The molecular weight excluding hydrogens is 370 g/mol. The average molecular weight is 399 g/mol. The van der Waals surface area contributed by atoms with Gasteiger partial charge < -0.3 is 10.6 Å². The first kappa shape index (κ1) is 19.8. The summed E-state index contributed by atoms with van der Waals surface area (Å²) in [4.78, 5) is 47.6. The van der Waals surface area contributed by atoms with Crippen LogP contribution in [0, 0.1) is 5.92 Å². The topological polar surface area (TPSA) is 114 Å². The molecule has 1 aliphatic carbocycles. The number of hydrogen-bond donors (Lipinski definition) is 2. The van der Waals surface area contributed by atoms with E-state index in [9.17, 15) is 14.4 Å². The Morgan fingerprint density at radius 2 is 2.07 bits per heavy atom. The molecular formula is C21H29N5O3. The van der Waals surface area contributed by atoms with Gasteiger partial charge in [0, 0.05) is 37.3 Å². The second kappa shape index (κ2) is 7.74. The van der Waals surface area contributed by atoms with Gasteiger partial charge in [-0.05, 0) is 44.1 Å². The lowest BCUT2D eigenvalue weighted by Gasteiger charge is -2.38. The Labute approximate surface area is 169 Å². The van der Waals surface area contributed by atoms with Gasteiger partial charge >= 0.3 is 5.69 Å². The molecule has 29 heavy (non-hydrogen) atoms. The van der Waals surface area contributed by atoms with E-state index in [2.05, 4.69) is 16.9 Å². The summed E-state index contributed by atoms with van der Waals surface area (Å²) >= 11 is 0. The Morgan fingerprint density at radius 1 is 1.31 bits per heavy atom. The van der Waals surface area contributed by atoms with Crippen LogP contribution in [0.3, 0.4) is 0 Å². The van der Waals surface area contributed by atoms with E-state index in [1.54, 1.807) is 11.0 Å². The van der Waals surface area contributed by atoms with Gasteiger partial charge in [0.1, 0.15) is 0 Å². The molecule has 2 aromatic rings. The maximum atomic E-state index is 13.6. The van der Waals surface area contributed by atoms with Crippen molar-refractivity contribution in [2.45, 2.75) is 64.5 Å². The summed E-state index contributed by atoms with van der Waals surface area (Å²) in [5, 5.41) is 0.210. The van der Waals surface area contributed by atoms with Crippen LogP contribution in [0.25, 0.3) is 11.0 Å². The average Bonchev–Trinajstić information content (AvgIpc) is 3.55. The van der Waals surface area contributed by atoms with Gasteiger partial charge in [-0.1, -0.05) is 13.8 Å². The van der Waals surface area contributed by atoms with Crippen LogP contribution in [-0.2, 0) is 6.54 Å². The van der Waals surface area contributed by atoms with Gasteiger partial charge in [-0.25, -0.2) is 9.78 Å². The van der Waals surface area contributed by atoms with E-state index in [-0.39, 0.29) is 17.3 Å². The van der Waals surface area contributed by atoms with Crippen molar-refractivity contribution in [3.05, 3.63) is 38.2 Å². The summed E-state index contributed by atoms with van der Waals surface area (Å²) in [5.74, 6) is 0.623. The third kappa shape index (κ3) is 3.61. The molecule has 8 nitrogen and oxygen atoms in total. The number of amides is 1. The molecule has 1 saturated carbocycles. The number of aromatic nitrogens is 3. The van der Waals surface area contributed by atoms with Crippen LogP contribution >= 0.6 is 0 Å². The summed E-state index contributed by atoms with van der Waals surface area (Å²) < 4.78 is 1.48. The number of nitrogens with two attached hydrogens (primary N) is 1. The molecule has 3 N–H and O–H groups in total. The van der Waals surface area contributed by atoms with Gasteiger partial charge in [-0.15, -0.1) is 0 Å². The number of rotatable bonds is 5. The molecule has 8 heteroatoms. The van der Waals surface area contributed by atoms with E-state index >= 15 is 0 Å². The van der Waals surface area contributed by atoms with Crippen LogP contribution in [-0.4, -0.2) is 44.5 Å². The minimum absolute atomic E-state index is 0.0422. The molecule has 0 spiro atoms. The van der Waals surface area contributed by atoms with Crippen molar-refractivity contribution in [3.63, 3.8) is 0 Å². The molecule has 0 aromatic carbocycles. The Hall–Kier alpha value is -2.48. The molecule has 2 unspecified atom stereocenters. The predicted octanol–water partition coefficient (Wildman–Crippen LogP) is 1.57. The number of pyridine rings is 1. The highest BCUT2D eigenvalue weighted by Crippen LogP contribution is 2.40. The van der Waals surface area contributed by atoms with Crippen molar-refractivity contribution in [2.75, 3.05) is 13.1 Å². The number of nitrogens with zero attached hydrogens (tertiary/aromatic N) is 3. The number of carbonyl (C=O) groups is 1. The Kier molecular flexibility index (Phi) is 5.29. The SMILES string of the molecule is CCCn1c(=O)[nH]c(=O)c2c(C(=O)N3CCC(C)CC3CN)cc(C3CC3)nc21. The molecule has 2 atom stereocenters. The number of likely N-dealkylation sites (tertiary alicyclic amines) is 1. The number of aryl methyl sites for hydroxylation is 1. The molecule has 4 rings (SSSR count). The largest absolute Gasteiger partial charge is 0.334 e. The van der Waals surface area contributed by atoms with Crippen molar-refractivity contribution in [2.24, 2.45) is 11.7 Å². The summed E-state index contributed by atoms with van der Waals surface area (Å²) in [6.45, 7) is 5.59.